The summed E-state index contributed by atoms with van der Waals surface area (Å²) < 4.78 is 0. The van der Waals surface area contributed by atoms with Crippen LogP contribution in [-0.4, -0.2) is 60.1 Å². The summed E-state index contributed by atoms with van der Waals surface area (Å²) >= 11 is 0. The van der Waals surface area contributed by atoms with Gasteiger partial charge >= 0.3 is 5.97 Å². The number of aliphatic carboxylic acids is 1. The molecule has 0 spiro atoms. The number of hydrogen-bond acceptors (Lipinski definition) is 3. The molecular weight excluding hydrogens is 204 g/mol. The lowest BCUT2D eigenvalue weighted by atomic mass is 10.2. The Hall–Kier alpha value is -0.610. The second-order valence-corrected chi connectivity index (χ2v) is 5.03. The van der Waals surface area contributed by atoms with E-state index in [0.717, 1.165) is 39.1 Å². The Morgan fingerprint density at radius 3 is 2.44 bits per heavy atom. The Morgan fingerprint density at radius 2 is 1.81 bits per heavy atom. The molecular formula is C12H24N2O2. The quantitative estimate of drug-likeness (QED) is 0.766. The van der Waals surface area contributed by atoms with Gasteiger partial charge in [0.2, 0.25) is 0 Å². The second kappa shape index (κ2) is 6.86. The van der Waals surface area contributed by atoms with Crippen molar-refractivity contribution in [2.24, 2.45) is 5.92 Å². The molecule has 94 valence electrons. The Bertz CT molecular complexity index is 219. The molecule has 1 N–H and O–H groups in total. The summed E-state index contributed by atoms with van der Waals surface area (Å²) in [5, 5.41) is 8.65. The Balaban J connectivity index is 2.26. The number of carbonyl (C=O) groups is 1. The van der Waals surface area contributed by atoms with Crippen molar-refractivity contribution in [2.75, 3.05) is 39.3 Å². The summed E-state index contributed by atoms with van der Waals surface area (Å²) in [7, 11) is 0. The summed E-state index contributed by atoms with van der Waals surface area (Å²) in [6, 6.07) is 0. The highest BCUT2D eigenvalue weighted by Crippen LogP contribution is 2.06. The molecule has 1 saturated heterocycles. The van der Waals surface area contributed by atoms with Crippen molar-refractivity contribution in [3.8, 4) is 0 Å². The molecule has 0 radical (unpaired) electrons. The van der Waals surface area contributed by atoms with Crippen LogP contribution in [0.1, 0.15) is 26.7 Å². The molecule has 0 saturated carbocycles. The average Bonchev–Trinajstić information content (AvgIpc) is 2.39. The third kappa shape index (κ3) is 5.47. The van der Waals surface area contributed by atoms with Gasteiger partial charge < -0.3 is 14.9 Å². The van der Waals surface area contributed by atoms with E-state index in [-0.39, 0.29) is 6.42 Å². The minimum absolute atomic E-state index is 0.268. The van der Waals surface area contributed by atoms with Gasteiger partial charge in [-0.2, -0.15) is 0 Å². The van der Waals surface area contributed by atoms with Crippen LogP contribution < -0.4 is 0 Å². The van der Waals surface area contributed by atoms with Gasteiger partial charge in [0.1, 0.15) is 0 Å². The Labute approximate surface area is 98.2 Å². The smallest absolute Gasteiger partial charge is 0.304 e. The Morgan fingerprint density at radius 1 is 1.19 bits per heavy atom. The lowest BCUT2D eigenvalue weighted by Gasteiger charge is -2.22. The molecule has 16 heavy (non-hydrogen) atoms. The summed E-state index contributed by atoms with van der Waals surface area (Å²) in [5.41, 5.74) is 0. The van der Waals surface area contributed by atoms with E-state index < -0.39 is 5.97 Å². The predicted molar refractivity (Wildman–Crippen MR) is 64.6 cm³/mol. The molecule has 1 rings (SSSR count). The molecule has 4 nitrogen and oxygen atoms in total. The fraction of sp³-hybridized carbons (Fsp3) is 0.917. The fourth-order valence-electron chi connectivity index (χ4n) is 2.20. The number of rotatable bonds is 5. The minimum Gasteiger partial charge on any atom is -0.481 e. The summed E-state index contributed by atoms with van der Waals surface area (Å²) in [6.07, 6.45) is 1.43. The van der Waals surface area contributed by atoms with Crippen LogP contribution >= 0.6 is 0 Å². The van der Waals surface area contributed by atoms with E-state index in [1.807, 2.05) is 0 Å². The molecule has 0 aromatic rings. The maximum absolute atomic E-state index is 10.5. The molecule has 0 amide bonds. The molecule has 4 heteroatoms. The van der Waals surface area contributed by atoms with Crippen LogP contribution in [0.4, 0.5) is 0 Å². The molecule has 0 aromatic carbocycles. The van der Waals surface area contributed by atoms with Crippen molar-refractivity contribution in [3.05, 3.63) is 0 Å². The number of carboxylic acid groups (broad SMARTS) is 1. The van der Waals surface area contributed by atoms with E-state index in [4.69, 9.17) is 5.11 Å². The van der Waals surface area contributed by atoms with E-state index in [1.54, 1.807) is 0 Å². The van der Waals surface area contributed by atoms with Crippen LogP contribution in [0, 0.1) is 5.92 Å². The van der Waals surface area contributed by atoms with Gasteiger partial charge in [0, 0.05) is 26.2 Å². The molecule has 0 bridgehead atoms. The summed E-state index contributed by atoms with van der Waals surface area (Å²) in [5.74, 6) is 0.0221. The van der Waals surface area contributed by atoms with Gasteiger partial charge in [0.25, 0.3) is 0 Å². The van der Waals surface area contributed by atoms with Crippen LogP contribution in [-0.2, 0) is 4.79 Å². The topological polar surface area (TPSA) is 43.8 Å². The van der Waals surface area contributed by atoms with E-state index >= 15 is 0 Å². The van der Waals surface area contributed by atoms with E-state index in [9.17, 15) is 4.79 Å². The van der Waals surface area contributed by atoms with Gasteiger partial charge in [-0.15, -0.1) is 0 Å². The minimum atomic E-state index is -0.691. The third-order valence-corrected chi connectivity index (χ3v) is 2.95. The van der Waals surface area contributed by atoms with Crippen LogP contribution in [0.15, 0.2) is 0 Å². The van der Waals surface area contributed by atoms with Gasteiger partial charge in [-0.25, -0.2) is 0 Å². The number of carboxylic acids is 1. The van der Waals surface area contributed by atoms with Gasteiger partial charge in [-0.3, -0.25) is 4.79 Å². The highest BCUT2D eigenvalue weighted by atomic mass is 16.4. The highest BCUT2D eigenvalue weighted by molar-refractivity contribution is 5.66. The SMILES string of the molecule is CC(C)CN1CCCN(CCC(=O)O)CC1. The van der Waals surface area contributed by atoms with Gasteiger partial charge in [-0.05, 0) is 25.4 Å². The van der Waals surface area contributed by atoms with Gasteiger partial charge in [0.05, 0.1) is 6.42 Å². The summed E-state index contributed by atoms with van der Waals surface area (Å²) in [6.45, 7) is 10.6. The average molecular weight is 228 g/mol. The zero-order valence-electron chi connectivity index (χ0n) is 10.5. The first-order chi connectivity index (χ1) is 7.58. The predicted octanol–water partition coefficient (Wildman–Crippen LogP) is 1.12. The van der Waals surface area contributed by atoms with Crippen molar-refractivity contribution in [1.82, 2.24) is 9.80 Å². The van der Waals surface area contributed by atoms with Crippen molar-refractivity contribution < 1.29 is 9.90 Å². The monoisotopic (exact) mass is 228 g/mol. The first kappa shape index (κ1) is 13.5. The number of hydrogen-bond donors (Lipinski definition) is 1. The molecule has 0 unspecified atom stereocenters. The van der Waals surface area contributed by atoms with Gasteiger partial charge in [-0.1, -0.05) is 13.8 Å². The first-order valence-corrected chi connectivity index (χ1v) is 6.24. The van der Waals surface area contributed by atoms with Crippen molar-refractivity contribution in [1.29, 1.82) is 0 Å². The molecule has 0 atom stereocenters. The zero-order chi connectivity index (χ0) is 12.0. The fourth-order valence-corrected chi connectivity index (χ4v) is 2.20. The van der Waals surface area contributed by atoms with Crippen molar-refractivity contribution in [3.63, 3.8) is 0 Å². The molecule has 1 fully saturated rings. The zero-order valence-corrected chi connectivity index (χ0v) is 10.5. The first-order valence-electron chi connectivity index (χ1n) is 6.24. The highest BCUT2D eigenvalue weighted by Gasteiger charge is 2.15. The molecule has 0 aliphatic carbocycles. The maximum atomic E-state index is 10.5. The van der Waals surface area contributed by atoms with Crippen molar-refractivity contribution in [2.45, 2.75) is 26.7 Å². The largest absolute Gasteiger partial charge is 0.481 e. The summed E-state index contributed by atoms with van der Waals surface area (Å²) in [4.78, 5) is 15.3. The molecule has 0 aromatic heterocycles. The standard InChI is InChI=1S/C12H24N2O2/c1-11(2)10-14-6-3-5-13(8-9-14)7-4-12(15)16/h11H,3-10H2,1-2H3,(H,15,16). The normalized spacial score (nSPS) is 19.9. The molecule has 1 aliphatic rings. The van der Waals surface area contributed by atoms with Crippen molar-refractivity contribution >= 4 is 5.97 Å². The van der Waals surface area contributed by atoms with E-state index in [1.165, 1.54) is 0 Å². The third-order valence-electron chi connectivity index (χ3n) is 2.95. The Kier molecular flexibility index (Phi) is 5.77. The van der Waals surface area contributed by atoms with Crippen LogP contribution in [0.3, 0.4) is 0 Å². The molecule has 1 aliphatic heterocycles. The molecule has 1 heterocycles. The maximum Gasteiger partial charge on any atom is 0.304 e. The van der Waals surface area contributed by atoms with Gasteiger partial charge in [0.15, 0.2) is 0 Å². The lowest BCUT2D eigenvalue weighted by molar-refractivity contribution is -0.137. The second-order valence-electron chi connectivity index (χ2n) is 5.03. The van der Waals surface area contributed by atoms with Crippen LogP contribution in [0.5, 0.6) is 0 Å². The van der Waals surface area contributed by atoms with E-state index in [0.29, 0.717) is 12.5 Å². The van der Waals surface area contributed by atoms with Crippen LogP contribution in [0.2, 0.25) is 0 Å². The van der Waals surface area contributed by atoms with Crippen LogP contribution in [0.25, 0.3) is 0 Å². The lowest BCUT2D eigenvalue weighted by Crippen LogP contribution is -2.33. The van der Waals surface area contributed by atoms with E-state index in [2.05, 4.69) is 23.6 Å². The number of nitrogens with zero attached hydrogens (tertiary/aromatic N) is 2.